The van der Waals surface area contributed by atoms with Gasteiger partial charge in [-0.1, -0.05) is 19.1 Å². The number of para-hydroxylation sites is 1. The number of esters is 1. The van der Waals surface area contributed by atoms with Crippen LogP contribution >= 0.6 is 0 Å². The Balaban J connectivity index is 1.73. The molecule has 3 aromatic rings. The number of ether oxygens (including phenoxy) is 1. The van der Waals surface area contributed by atoms with Gasteiger partial charge in [-0.3, -0.25) is 9.59 Å². The highest BCUT2D eigenvalue weighted by molar-refractivity contribution is 6.04. The van der Waals surface area contributed by atoms with Crippen molar-refractivity contribution in [2.24, 2.45) is 5.73 Å². The monoisotopic (exact) mass is 366 g/mol. The topological polar surface area (TPSA) is 127 Å². The minimum atomic E-state index is -1.02. The van der Waals surface area contributed by atoms with Gasteiger partial charge in [-0.25, -0.2) is 9.78 Å². The van der Waals surface area contributed by atoms with Crippen LogP contribution in [-0.4, -0.2) is 33.9 Å². The molecule has 0 saturated heterocycles. The van der Waals surface area contributed by atoms with Gasteiger partial charge < -0.3 is 20.8 Å². The minimum absolute atomic E-state index is 0.178. The Bertz CT molecular complexity index is 1010. The van der Waals surface area contributed by atoms with Gasteiger partial charge >= 0.3 is 5.97 Å². The Kier molecular flexibility index (Phi) is 5.16. The molecule has 0 saturated carbocycles. The van der Waals surface area contributed by atoms with E-state index < -0.39 is 23.9 Å². The molecule has 138 valence electrons. The van der Waals surface area contributed by atoms with E-state index in [4.69, 9.17) is 10.5 Å². The van der Waals surface area contributed by atoms with Crippen molar-refractivity contribution < 1.29 is 19.1 Å². The van der Waals surface area contributed by atoms with Crippen LogP contribution in [-0.2, 0) is 9.53 Å². The van der Waals surface area contributed by atoms with E-state index in [0.29, 0.717) is 11.1 Å². The van der Waals surface area contributed by atoms with Crippen LogP contribution in [0.4, 0.5) is 5.69 Å². The third kappa shape index (κ3) is 3.95. The Labute approximate surface area is 154 Å². The zero-order valence-electron chi connectivity index (χ0n) is 14.6. The van der Waals surface area contributed by atoms with E-state index in [1.807, 2.05) is 0 Å². The SMILES string of the molecule is CCC(OC(=O)c1ccc2nc[nH]c2c1)C(=O)Nc1ccccc1C(N)=O. The molecule has 1 aromatic heterocycles. The summed E-state index contributed by atoms with van der Waals surface area (Å²) < 4.78 is 5.34. The van der Waals surface area contributed by atoms with Crippen LogP contribution in [0.2, 0.25) is 0 Å². The molecule has 0 aliphatic heterocycles. The number of amides is 2. The summed E-state index contributed by atoms with van der Waals surface area (Å²) in [7, 11) is 0. The van der Waals surface area contributed by atoms with E-state index in [1.54, 1.807) is 43.3 Å². The normalized spacial score (nSPS) is 11.7. The molecule has 1 atom stereocenters. The number of rotatable bonds is 6. The number of aromatic amines is 1. The van der Waals surface area contributed by atoms with Crippen LogP contribution in [0.1, 0.15) is 34.1 Å². The number of imidazole rings is 1. The maximum absolute atomic E-state index is 12.5. The van der Waals surface area contributed by atoms with Crippen molar-refractivity contribution in [1.29, 1.82) is 0 Å². The number of nitrogens with one attached hydrogen (secondary N) is 2. The number of benzene rings is 2. The number of carbonyl (C=O) groups is 3. The van der Waals surface area contributed by atoms with Gasteiger partial charge in [-0.05, 0) is 36.8 Å². The molecule has 0 spiro atoms. The lowest BCUT2D eigenvalue weighted by molar-refractivity contribution is -0.124. The van der Waals surface area contributed by atoms with Gasteiger partial charge in [0.05, 0.1) is 34.2 Å². The molecule has 2 amide bonds. The first-order chi connectivity index (χ1) is 13.0. The fourth-order valence-electron chi connectivity index (χ4n) is 2.60. The van der Waals surface area contributed by atoms with E-state index in [1.165, 1.54) is 12.4 Å². The quantitative estimate of drug-likeness (QED) is 0.577. The first-order valence-electron chi connectivity index (χ1n) is 8.33. The number of H-pyrrole nitrogens is 1. The Hall–Kier alpha value is -3.68. The highest BCUT2D eigenvalue weighted by Crippen LogP contribution is 2.17. The average Bonchev–Trinajstić information content (AvgIpc) is 3.13. The zero-order chi connectivity index (χ0) is 19.4. The second-order valence-electron chi connectivity index (χ2n) is 5.84. The largest absolute Gasteiger partial charge is 0.449 e. The van der Waals surface area contributed by atoms with E-state index in [0.717, 1.165) is 5.52 Å². The maximum atomic E-state index is 12.5. The first kappa shape index (κ1) is 18.1. The summed E-state index contributed by atoms with van der Waals surface area (Å²) in [6.07, 6.45) is 0.775. The van der Waals surface area contributed by atoms with Crippen molar-refractivity contribution in [1.82, 2.24) is 9.97 Å². The number of nitrogens with two attached hydrogens (primary N) is 1. The molecular formula is C19H18N4O4. The van der Waals surface area contributed by atoms with Gasteiger partial charge in [-0.2, -0.15) is 0 Å². The van der Waals surface area contributed by atoms with E-state index in [-0.39, 0.29) is 17.7 Å². The van der Waals surface area contributed by atoms with Crippen LogP contribution in [0.15, 0.2) is 48.8 Å². The van der Waals surface area contributed by atoms with Crippen LogP contribution in [0.5, 0.6) is 0 Å². The van der Waals surface area contributed by atoms with Crippen molar-refractivity contribution in [2.45, 2.75) is 19.4 Å². The first-order valence-corrected chi connectivity index (χ1v) is 8.33. The standard InChI is InChI=1S/C19H18N4O4/c1-2-16(18(25)23-13-6-4-3-5-12(13)17(20)24)27-19(26)11-7-8-14-15(9-11)22-10-21-14/h3-10,16H,2H2,1H3,(H2,20,24)(H,21,22)(H,23,25). The lowest BCUT2D eigenvalue weighted by atomic mass is 10.1. The van der Waals surface area contributed by atoms with E-state index in [9.17, 15) is 14.4 Å². The summed E-state index contributed by atoms with van der Waals surface area (Å²) in [6.45, 7) is 1.72. The molecule has 8 heteroatoms. The molecule has 2 aromatic carbocycles. The fraction of sp³-hybridized carbons (Fsp3) is 0.158. The molecule has 4 N–H and O–H groups in total. The van der Waals surface area contributed by atoms with Crippen LogP contribution in [0.3, 0.4) is 0 Å². The van der Waals surface area contributed by atoms with Crippen LogP contribution < -0.4 is 11.1 Å². The van der Waals surface area contributed by atoms with Gasteiger partial charge in [0.25, 0.3) is 11.8 Å². The number of aromatic nitrogens is 2. The Morgan fingerprint density at radius 3 is 2.74 bits per heavy atom. The van der Waals surface area contributed by atoms with Gasteiger partial charge in [0.15, 0.2) is 6.10 Å². The number of hydrogen-bond acceptors (Lipinski definition) is 5. The molecule has 0 fully saturated rings. The molecule has 8 nitrogen and oxygen atoms in total. The summed E-state index contributed by atoms with van der Waals surface area (Å²) in [5.41, 5.74) is 7.47. The van der Waals surface area contributed by atoms with E-state index in [2.05, 4.69) is 15.3 Å². The fourth-order valence-corrected chi connectivity index (χ4v) is 2.60. The number of carbonyl (C=O) groups excluding carboxylic acids is 3. The predicted octanol–water partition coefficient (Wildman–Crippen LogP) is 2.24. The highest BCUT2D eigenvalue weighted by Gasteiger charge is 2.23. The minimum Gasteiger partial charge on any atom is -0.449 e. The predicted molar refractivity (Wildman–Crippen MR) is 99.2 cm³/mol. The van der Waals surface area contributed by atoms with Gasteiger partial charge in [0, 0.05) is 0 Å². The molecular weight excluding hydrogens is 348 g/mol. The number of hydrogen-bond donors (Lipinski definition) is 3. The van der Waals surface area contributed by atoms with Gasteiger partial charge in [0.2, 0.25) is 0 Å². The Morgan fingerprint density at radius 2 is 2.00 bits per heavy atom. The lowest BCUT2D eigenvalue weighted by Gasteiger charge is -2.17. The lowest BCUT2D eigenvalue weighted by Crippen LogP contribution is -2.32. The molecule has 0 radical (unpaired) electrons. The second kappa shape index (κ2) is 7.69. The number of primary amides is 1. The van der Waals surface area contributed by atoms with Gasteiger partial charge in [0.1, 0.15) is 0 Å². The molecule has 3 rings (SSSR count). The maximum Gasteiger partial charge on any atom is 0.338 e. The van der Waals surface area contributed by atoms with Crippen molar-refractivity contribution in [3.8, 4) is 0 Å². The van der Waals surface area contributed by atoms with Crippen molar-refractivity contribution in [3.05, 3.63) is 59.9 Å². The third-order valence-corrected chi connectivity index (χ3v) is 4.02. The zero-order valence-corrected chi connectivity index (χ0v) is 14.6. The van der Waals surface area contributed by atoms with Crippen LogP contribution in [0, 0.1) is 0 Å². The molecule has 27 heavy (non-hydrogen) atoms. The number of anilines is 1. The molecule has 1 heterocycles. The molecule has 0 aliphatic rings. The second-order valence-corrected chi connectivity index (χ2v) is 5.84. The van der Waals surface area contributed by atoms with Crippen molar-refractivity contribution >= 4 is 34.5 Å². The summed E-state index contributed by atoms with van der Waals surface area (Å²) in [4.78, 5) is 43.4. The van der Waals surface area contributed by atoms with Crippen molar-refractivity contribution in [3.63, 3.8) is 0 Å². The average molecular weight is 366 g/mol. The molecule has 0 bridgehead atoms. The summed E-state index contributed by atoms with van der Waals surface area (Å²) in [5.74, 6) is -1.83. The van der Waals surface area contributed by atoms with Crippen molar-refractivity contribution in [2.75, 3.05) is 5.32 Å². The number of fused-ring (bicyclic) bond motifs is 1. The van der Waals surface area contributed by atoms with Crippen LogP contribution in [0.25, 0.3) is 11.0 Å². The smallest absolute Gasteiger partial charge is 0.338 e. The number of nitrogens with zero attached hydrogens (tertiary/aromatic N) is 1. The van der Waals surface area contributed by atoms with E-state index >= 15 is 0 Å². The summed E-state index contributed by atoms with van der Waals surface area (Å²) in [6, 6.07) is 11.2. The Morgan fingerprint density at radius 1 is 1.22 bits per heavy atom. The summed E-state index contributed by atoms with van der Waals surface area (Å²) in [5, 5.41) is 2.59. The molecule has 0 aliphatic carbocycles. The third-order valence-electron chi connectivity index (χ3n) is 4.02. The van der Waals surface area contributed by atoms with Gasteiger partial charge in [-0.15, -0.1) is 0 Å². The summed E-state index contributed by atoms with van der Waals surface area (Å²) >= 11 is 0. The molecule has 1 unspecified atom stereocenters. The highest BCUT2D eigenvalue weighted by atomic mass is 16.5.